The first-order chi connectivity index (χ1) is 15.7. The van der Waals surface area contributed by atoms with Crippen molar-refractivity contribution in [3.8, 4) is 0 Å². The van der Waals surface area contributed by atoms with Gasteiger partial charge in [-0.05, 0) is 72.7 Å². The fourth-order valence-electron chi connectivity index (χ4n) is 10.6. The van der Waals surface area contributed by atoms with Crippen LogP contribution in [0.25, 0.3) is 0 Å². The maximum atomic E-state index is 12.8. The van der Waals surface area contributed by atoms with E-state index < -0.39 is 17.6 Å². The van der Waals surface area contributed by atoms with Crippen LogP contribution in [-0.2, 0) is 4.79 Å². The lowest BCUT2D eigenvalue weighted by atomic mass is 9.35. The second kappa shape index (κ2) is 7.29. The third-order valence-corrected chi connectivity index (χ3v) is 12.5. The van der Waals surface area contributed by atoms with Crippen molar-refractivity contribution in [2.24, 2.45) is 56.7 Å². The first-order valence-corrected chi connectivity index (χ1v) is 13.6. The monoisotopic (exact) mass is 470 g/mol. The van der Waals surface area contributed by atoms with E-state index >= 15 is 0 Å². The number of carbonyl (C=O) groups is 1. The van der Waals surface area contributed by atoms with Gasteiger partial charge in [0.15, 0.2) is 5.78 Å². The van der Waals surface area contributed by atoms with E-state index in [1.165, 1.54) is 5.57 Å². The summed E-state index contributed by atoms with van der Waals surface area (Å²) in [5, 5.41) is 34.1. The summed E-state index contributed by atoms with van der Waals surface area (Å²) in [4.78, 5) is 12.8. The van der Waals surface area contributed by atoms with Gasteiger partial charge in [0.05, 0.1) is 12.2 Å². The summed E-state index contributed by atoms with van der Waals surface area (Å²) < 4.78 is 0. The molecule has 0 aromatic carbocycles. The van der Waals surface area contributed by atoms with E-state index in [4.69, 9.17) is 0 Å². The number of hydrogen-bond donors (Lipinski definition) is 3. The van der Waals surface area contributed by atoms with E-state index in [-0.39, 0.29) is 51.8 Å². The molecule has 3 N–H and O–H groups in total. The van der Waals surface area contributed by atoms with Crippen LogP contribution in [0.1, 0.15) is 80.6 Å². The summed E-state index contributed by atoms with van der Waals surface area (Å²) in [6, 6.07) is 0. The molecule has 0 amide bonds. The summed E-state index contributed by atoms with van der Waals surface area (Å²) in [6.07, 6.45) is 9.44. The van der Waals surface area contributed by atoms with Crippen molar-refractivity contribution in [3.63, 3.8) is 0 Å². The van der Waals surface area contributed by atoms with Crippen LogP contribution in [0.4, 0.5) is 0 Å². The predicted molar refractivity (Wildman–Crippen MR) is 134 cm³/mol. The Morgan fingerprint density at radius 2 is 1.68 bits per heavy atom. The molecule has 0 aromatic rings. The summed E-state index contributed by atoms with van der Waals surface area (Å²) >= 11 is 0. The van der Waals surface area contributed by atoms with Gasteiger partial charge in [-0.25, -0.2) is 0 Å². The molecule has 10 atom stereocenters. The Labute approximate surface area is 205 Å². The minimum absolute atomic E-state index is 0.00291. The van der Waals surface area contributed by atoms with Crippen molar-refractivity contribution in [2.45, 2.75) is 92.8 Å². The molecule has 4 heteroatoms. The molecule has 0 aliphatic heterocycles. The Bertz CT molecular complexity index is 947. The molecule has 0 spiro atoms. The topological polar surface area (TPSA) is 77.8 Å². The molecule has 0 radical (unpaired) electrons. The highest BCUT2D eigenvalue weighted by molar-refractivity contribution is 5.96. The zero-order chi connectivity index (χ0) is 25.1. The van der Waals surface area contributed by atoms with Crippen LogP contribution < -0.4 is 0 Å². The maximum Gasteiger partial charge on any atom is 0.161 e. The molecule has 5 rings (SSSR count). The summed E-state index contributed by atoms with van der Waals surface area (Å²) in [6.45, 7) is 15.7. The van der Waals surface area contributed by atoms with Gasteiger partial charge in [-0.2, -0.15) is 0 Å². The molecule has 5 aliphatic rings. The molecule has 3 fully saturated rings. The van der Waals surface area contributed by atoms with Crippen molar-refractivity contribution in [1.82, 2.24) is 0 Å². The minimum Gasteiger partial charge on any atom is -0.396 e. The molecule has 4 unspecified atom stereocenters. The van der Waals surface area contributed by atoms with Gasteiger partial charge < -0.3 is 15.3 Å². The Morgan fingerprint density at radius 3 is 2.29 bits per heavy atom. The molecule has 0 saturated heterocycles. The van der Waals surface area contributed by atoms with E-state index in [1.54, 1.807) is 6.08 Å². The summed E-state index contributed by atoms with van der Waals surface area (Å²) in [5.41, 5.74) is -0.0795. The second-order valence-corrected chi connectivity index (χ2v) is 14.3. The minimum atomic E-state index is -0.506. The van der Waals surface area contributed by atoms with Gasteiger partial charge in [0.2, 0.25) is 0 Å². The number of fused-ring (bicyclic) bond motifs is 7. The third kappa shape index (κ3) is 2.69. The second-order valence-electron chi connectivity index (χ2n) is 14.3. The Hall–Kier alpha value is -0.970. The molecule has 0 aromatic heterocycles. The fraction of sp³-hybridized carbons (Fsp3) is 0.833. The average Bonchev–Trinajstić information content (AvgIpc) is 3.08. The lowest BCUT2D eigenvalue weighted by Gasteiger charge is -2.69. The molecule has 5 aliphatic carbocycles. The Balaban J connectivity index is 1.65. The van der Waals surface area contributed by atoms with Crippen LogP contribution in [0.15, 0.2) is 23.8 Å². The van der Waals surface area contributed by atoms with Gasteiger partial charge >= 0.3 is 0 Å². The average molecular weight is 471 g/mol. The number of ketones is 1. The van der Waals surface area contributed by atoms with Crippen LogP contribution >= 0.6 is 0 Å². The highest BCUT2D eigenvalue weighted by atomic mass is 16.3. The third-order valence-electron chi connectivity index (χ3n) is 12.5. The number of aliphatic hydroxyl groups excluding tert-OH is 3. The molecule has 4 nitrogen and oxygen atoms in total. The molecule has 3 saturated carbocycles. The van der Waals surface area contributed by atoms with E-state index in [1.807, 2.05) is 13.8 Å². The van der Waals surface area contributed by atoms with E-state index in [0.717, 1.165) is 25.7 Å². The van der Waals surface area contributed by atoms with Crippen molar-refractivity contribution >= 4 is 5.78 Å². The van der Waals surface area contributed by atoms with Gasteiger partial charge in [0, 0.05) is 28.8 Å². The van der Waals surface area contributed by atoms with Gasteiger partial charge in [-0.15, -0.1) is 0 Å². The number of rotatable bonds is 2. The molecule has 0 heterocycles. The fourth-order valence-corrected chi connectivity index (χ4v) is 10.6. The van der Waals surface area contributed by atoms with E-state index in [2.05, 4.69) is 46.8 Å². The quantitative estimate of drug-likeness (QED) is 0.501. The van der Waals surface area contributed by atoms with Crippen molar-refractivity contribution in [1.29, 1.82) is 0 Å². The first kappa shape index (κ1) is 24.7. The van der Waals surface area contributed by atoms with Gasteiger partial charge in [-0.3, -0.25) is 4.79 Å². The van der Waals surface area contributed by atoms with Crippen molar-refractivity contribution in [3.05, 3.63) is 23.8 Å². The van der Waals surface area contributed by atoms with Crippen LogP contribution in [-0.4, -0.2) is 39.9 Å². The Morgan fingerprint density at radius 1 is 1.00 bits per heavy atom. The largest absolute Gasteiger partial charge is 0.396 e. The van der Waals surface area contributed by atoms with E-state index in [0.29, 0.717) is 18.3 Å². The molecular formula is C30H46O4. The lowest BCUT2D eigenvalue weighted by molar-refractivity contribution is -0.203. The standard InChI is InChI=1S/C30H46O4/c1-17(2)19-14-21(33)25-29(7)11-8-18-24(28(29,6)12-13-30(19,25)16-31)20(32)15-22-26(3,4)23(34)9-10-27(18,22)5/h8-10,17,19-22,24-25,31-33H,11-16H2,1-7H3/t19-,20-,21?,22?,24?,25?,27+,28-,29+,30+/m0/s1. The maximum absolute atomic E-state index is 12.8. The molecule has 0 bridgehead atoms. The number of allylic oxidation sites excluding steroid dienone is 3. The summed E-state index contributed by atoms with van der Waals surface area (Å²) in [7, 11) is 0. The number of hydrogen-bond acceptors (Lipinski definition) is 4. The predicted octanol–water partition coefficient (Wildman–Crippen LogP) is 4.92. The molecule has 34 heavy (non-hydrogen) atoms. The van der Waals surface area contributed by atoms with Crippen molar-refractivity contribution in [2.75, 3.05) is 6.61 Å². The summed E-state index contributed by atoms with van der Waals surface area (Å²) in [5.74, 6) is 0.990. The highest BCUT2D eigenvalue weighted by Crippen LogP contribution is 2.75. The highest BCUT2D eigenvalue weighted by Gasteiger charge is 2.72. The van der Waals surface area contributed by atoms with Gasteiger partial charge in [0.25, 0.3) is 0 Å². The van der Waals surface area contributed by atoms with Crippen LogP contribution in [0.5, 0.6) is 0 Å². The van der Waals surface area contributed by atoms with Crippen molar-refractivity contribution < 1.29 is 20.1 Å². The number of aliphatic hydroxyl groups is 3. The normalized spacial score (nSPS) is 53.6. The molecular weight excluding hydrogens is 424 g/mol. The number of carbonyl (C=O) groups excluding carboxylic acids is 1. The Kier molecular flexibility index (Phi) is 5.30. The van der Waals surface area contributed by atoms with Crippen LogP contribution in [0.3, 0.4) is 0 Å². The van der Waals surface area contributed by atoms with Gasteiger partial charge in [0.1, 0.15) is 0 Å². The van der Waals surface area contributed by atoms with E-state index in [9.17, 15) is 20.1 Å². The zero-order valence-corrected chi connectivity index (χ0v) is 22.3. The molecule has 190 valence electrons. The van der Waals surface area contributed by atoms with Crippen LogP contribution in [0, 0.1) is 56.7 Å². The van der Waals surface area contributed by atoms with Crippen LogP contribution in [0.2, 0.25) is 0 Å². The first-order valence-electron chi connectivity index (χ1n) is 13.6. The smallest absolute Gasteiger partial charge is 0.161 e. The lowest BCUT2D eigenvalue weighted by Crippen LogP contribution is -2.66. The van der Waals surface area contributed by atoms with Gasteiger partial charge in [-0.1, -0.05) is 66.2 Å². The zero-order valence-electron chi connectivity index (χ0n) is 22.3. The SMILES string of the molecule is CC(C)[C@@H]1CC(O)C2[C@@]1(CO)CC[C@@]1(C)C3C(=CC[C@]21C)[C@@]1(C)C=CC(=O)C(C)(C)C1C[C@@H]3O.